The highest BCUT2D eigenvalue weighted by Crippen LogP contribution is 2.38. The van der Waals surface area contributed by atoms with Crippen LogP contribution in [0.3, 0.4) is 0 Å². The second kappa shape index (κ2) is 8.93. The first-order valence-electron chi connectivity index (χ1n) is 10.8. The zero-order chi connectivity index (χ0) is 21.1. The summed E-state index contributed by atoms with van der Waals surface area (Å²) in [5, 5.41) is 0. The zero-order valence-electron chi connectivity index (χ0n) is 17.5. The normalized spacial score (nSPS) is 21.0. The van der Waals surface area contributed by atoms with E-state index in [4.69, 9.17) is 9.47 Å². The van der Waals surface area contributed by atoms with Crippen LogP contribution >= 0.6 is 0 Å². The lowest BCUT2D eigenvalue weighted by Crippen LogP contribution is -2.50. The van der Waals surface area contributed by atoms with Gasteiger partial charge in [-0.05, 0) is 30.5 Å². The number of carbonyl (C=O) groups is 3. The molecule has 2 fully saturated rings. The number of fused-ring (bicyclic) bond motifs is 1. The molecule has 3 aliphatic rings. The van der Waals surface area contributed by atoms with Gasteiger partial charge in [0.05, 0.1) is 6.04 Å². The number of ether oxygens (including phenoxy) is 2. The van der Waals surface area contributed by atoms with Crippen molar-refractivity contribution in [1.29, 1.82) is 0 Å². The maximum Gasteiger partial charge on any atom is 0.223 e. The third kappa shape index (κ3) is 4.37. The monoisotopic (exact) mass is 415 g/mol. The first-order valence-corrected chi connectivity index (χ1v) is 10.8. The molecule has 0 saturated carbocycles. The molecule has 1 atom stereocenters. The van der Waals surface area contributed by atoms with E-state index in [1.807, 2.05) is 23.1 Å². The molecule has 0 radical (unpaired) electrons. The fourth-order valence-corrected chi connectivity index (χ4v) is 4.47. The van der Waals surface area contributed by atoms with E-state index in [9.17, 15) is 14.4 Å². The Hall–Kier alpha value is -2.77. The van der Waals surface area contributed by atoms with E-state index in [0.717, 1.165) is 29.9 Å². The summed E-state index contributed by atoms with van der Waals surface area (Å²) >= 11 is 0. The summed E-state index contributed by atoms with van der Waals surface area (Å²) in [6.07, 6.45) is 2.29. The molecule has 3 amide bonds. The zero-order valence-corrected chi connectivity index (χ0v) is 17.5. The fraction of sp³-hybridized carbons (Fsp3) is 0.591. The highest BCUT2D eigenvalue weighted by Gasteiger charge is 2.31. The number of likely N-dealkylation sites (tertiary alicyclic amines) is 1. The van der Waals surface area contributed by atoms with Crippen LogP contribution in [0.1, 0.15) is 44.2 Å². The lowest BCUT2D eigenvalue weighted by Gasteiger charge is -2.34. The third-order valence-electron chi connectivity index (χ3n) is 6.15. The van der Waals surface area contributed by atoms with Crippen molar-refractivity contribution in [2.45, 2.75) is 38.6 Å². The lowest BCUT2D eigenvalue weighted by molar-refractivity contribution is -0.140. The molecule has 4 rings (SSSR count). The van der Waals surface area contributed by atoms with Crippen LogP contribution in [0.25, 0.3) is 0 Å². The van der Waals surface area contributed by atoms with Gasteiger partial charge in [-0.25, -0.2) is 0 Å². The molecular weight excluding hydrogens is 386 g/mol. The average molecular weight is 415 g/mol. The van der Waals surface area contributed by atoms with Crippen LogP contribution in [0.2, 0.25) is 0 Å². The van der Waals surface area contributed by atoms with E-state index in [-0.39, 0.29) is 36.6 Å². The Balaban J connectivity index is 1.32. The number of hydrogen-bond acceptors (Lipinski definition) is 5. The summed E-state index contributed by atoms with van der Waals surface area (Å²) < 4.78 is 11.3. The maximum absolute atomic E-state index is 12.9. The minimum Gasteiger partial charge on any atom is -0.486 e. The molecule has 3 aliphatic heterocycles. The Bertz CT molecular complexity index is 819. The van der Waals surface area contributed by atoms with E-state index in [2.05, 4.69) is 0 Å². The molecule has 2 saturated heterocycles. The van der Waals surface area contributed by atoms with Gasteiger partial charge in [-0.2, -0.15) is 0 Å². The largest absolute Gasteiger partial charge is 0.486 e. The Morgan fingerprint density at radius 3 is 2.30 bits per heavy atom. The van der Waals surface area contributed by atoms with Crippen molar-refractivity contribution in [1.82, 2.24) is 14.7 Å². The Kier molecular flexibility index (Phi) is 6.11. The molecule has 3 heterocycles. The molecule has 30 heavy (non-hydrogen) atoms. The standard InChI is InChI=1S/C22H29N3O5/c1-16(26)23-9-11-24(12-10-23)21(27)6-7-22(28)25-8-2-3-18(25)17-4-5-19-20(15-17)30-14-13-29-19/h4-5,15,18H,2-3,6-14H2,1H3. The maximum atomic E-state index is 12.9. The van der Waals surface area contributed by atoms with Gasteiger partial charge in [-0.3, -0.25) is 14.4 Å². The molecule has 8 nitrogen and oxygen atoms in total. The minimum absolute atomic E-state index is 0.0124. The number of rotatable bonds is 4. The molecule has 1 aromatic rings. The number of hydrogen-bond donors (Lipinski definition) is 0. The van der Waals surface area contributed by atoms with Crippen LogP contribution in [-0.4, -0.2) is 78.4 Å². The van der Waals surface area contributed by atoms with Gasteiger partial charge in [0, 0.05) is 52.5 Å². The van der Waals surface area contributed by atoms with E-state index in [0.29, 0.717) is 45.9 Å². The second-order valence-electron chi connectivity index (χ2n) is 8.04. The van der Waals surface area contributed by atoms with Crippen molar-refractivity contribution in [2.24, 2.45) is 0 Å². The molecule has 0 aliphatic carbocycles. The van der Waals surface area contributed by atoms with Crippen LogP contribution in [-0.2, 0) is 14.4 Å². The Labute approximate surface area is 176 Å². The van der Waals surface area contributed by atoms with Crippen LogP contribution in [0, 0.1) is 0 Å². The molecule has 162 valence electrons. The quantitative estimate of drug-likeness (QED) is 0.746. The predicted molar refractivity (Wildman–Crippen MR) is 109 cm³/mol. The molecule has 0 aromatic heterocycles. The number of carbonyl (C=O) groups excluding carboxylic acids is 3. The van der Waals surface area contributed by atoms with Crippen molar-refractivity contribution in [2.75, 3.05) is 45.9 Å². The minimum atomic E-state index is -0.0124. The van der Waals surface area contributed by atoms with Gasteiger partial charge in [0.15, 0.2) is 11.5 Å². The van der Waals surface area contributed by atoms with E-state index in [1.165, 1.54) is 0 Å². The third-order valence-corrected chi connectivity index (χ3v) is 6.15. The van der Waals surface area contributed by atoms with Gasteiger partial charge in [-0.15, -0.1) is 0 Å². The molecule has 8 heteroatoms. The summed E-state index contributed by atoms with van der Waals surface area (Å²) in [4.78, 5) is 42.2. The van der Waals surface area contributed by atoms with Crippen LogP contribution in [0.4, 0.5) is 0 Å². The van der Waals surface area contributed by atoms with Crippen molar-refractivity contribution < 1.29 is 23.9 Å². The summed E-state index contributed by atoms with van der Waals surface area (Å²) in [7, 11) is 0. The number of nitrogens with zero attached hydrogens (tertiary/aromatic N) is 3. The van der Waals surface area contributed by atoms with E-state index >= 15 is 0 Å². The van der Waals surface area contributed by atoms with E-state index in [1.54, 1.807) is 16.7 Å². The van der Waals surface area contributed by atoms with Gasteiger partial charge in [-0.1, -0.05) is 6.07 Å². The van der Waals surface area contributed by atoms with Crippen molar-refractivity contribution in [3.8, 4) is 11.5 Å². The first-order chi connectivity index (χ1) is 14.5. The van der Waals surface area contributed by atoms with E-state index < -0.39 is 0 Å². The fourth-order valence-electron chi connectivity index (χ4n) is 4.47. The van der Waals surface area contributed by atoms with Gasteiger partial charge >= 0.3 is 0 Å². The summed E-state index contributed by atoms with van der Waals surface area (Å²) in [5.41, 5.74) is 1.05. The summed E-state index contributed by atoms with van der Waals surface area (Å²) in [5.74, 6) is 1.52. The van der Waals surface area contributed by atoms with Gasteiger partial charge in [0.2, 0.25) is 17.7 Å². The topological polar surface area (TPSA) is 79.4 Å². The summed E-state index contributed by atoms with van der Waals surface area (Å²) in [6, 6.07) is 5.91. The SMILES string of the molecule is CC(=O)N1CCN(C(=O)CCC(=O)N2CCCC2c2ccc3c(c2)OCCO3)CC1. The number of piperazine rings is 1. The van der Waals surface area contributed by atoms with Crippen LogP contribution in [0.5, 0.6) is 11.5 Å². The summed E-state index contributed by atoms with van der Waals surface area (Å²) in [6.45, 7) is 5.55. The van der Waals surface area contributed by atoms with Crippen molar-refractivity contribution in [3.05, 3.63) is 23.8 Å². The van der Waals surface area contributed by atoms with Crippen molar-refractivity contribution >= 4 is 17.7 Å². The average Bonchev–Trinajstić information content (AvgIpc) is 3.27. The molecule has 0 N–H and O–H groups in total. The number of amides is 3. The van der Waals surface area contributed by atoms with Gasteiger partial charge in [0.1, 0.15) is 13.2 Å². The molecule has 1 unspecified atom stereocenters. The molecule has 0 spiro atoms. The van der Waals surface area contributed by atoms with Gasteiger partial charge < -0.3 is 24.2 Å². The molecule has 1 aromatic carbocycles. The Morgan fingerprint density at radius 1 is 0.900 bits per heavy atom. The van der Waals surface area contributed by atoms with Gasteiger partial charge in [0.25, 0.3) is 0 Å². The molecule has 0 bridgehead atoms. The smallest absolute Gasteiger partial charge is 0.223 e. The van der Waals surface area contributed by atoms with Crippen LogP contribution < -0.4 is 9.47 Å². The lowest BCUT2D eigenvalue weighted by atomic mass is 10.0. The highest BCUT2D eigenvalue weighted by atomic mass is 16.6. The Morgan fingerprint density at radius 2 is 1.57 bits per heavy atom. The van der Waals surface area contributed by atoms with Crippen LogP contribution in [0.15, 0.2) is 18.2 Å². The first kappa shape index (κ1) is 20.5. The second-order valence-corrected chi connectivity index (χ2v) is 8.04. The highest BCUT2D eigenvalue weighted by molar-refractivity contribution is 5.84. The predicted octanol–water partition coefficient (Wildman–Crippen LogP) is 1.59. The van der Waals surface area contributed by atoms with Crippen molar-refractivity contribution in [3.63, 3.8) is 0 Å². The number of benzene rings is 1. The molecular formula is C22H29N3O5.